The zero-order valence-electron chi connectivity index (χ0n) is 12.3. The van der Waals surface area contributed by atoms with Crippen LogP contribution in [0.3, 0.4) is 0 Å². The van der Waals surface area contributed by atoms with Crippen molar-refractivity contribution in [3.8, 4) is 28.7 Å². The van der Waals surface area contributed by atoms with E-state index in [-0.39, 0.29) is 17.8 Å². The van der Waals surface area contributed by atoms with Crippen LogP contribution < -0.4 is 18.9 Å². The average Bonchev–Trinajstić information content (AvgIpc) is 2.93. The van der Waals surface area contributed by atoms with Crippen LogP contribution in [0.15, 0.2) is 30.3 Å². The molecule has 0 bridgehead atoms. The molecule has 22 heavy (non-hydrogen) atoms. The summed E-state index contributed by atoms with van der Waals surface area (Å²) in [5.74, 6) is 2.89. The summed E-state index contributed by atoms with van der Waals surface area (Å²) in [4.78, 5) is 0. The second kappa shape index (κ2) is 4.73. The number of benzene rings is 2. The standard InChI is InChI=1S/C17H16O5/c1-19-9-3-4-11-14(6-9)21-8-12-16-13(18)5-10(20-2)7-15(16)22-17(11)12/h3-7,12,17-18H,8H2,1-2H3. The highest BCUT2D eigenvalue weighted by Crippen LogP contribution is 2.55. The van der Waals surface area contributed by atoms with Gasteiger partial charge in [-0.25, -0.2) is 0 Å². The van der Waals surface area contributed by atoms with Gasteiger partial charge in [0.25, 0.3) is 0 Å². The van der Waals surface area contributed by atoms with E-state index in [1.807, 2.05) is 18.2 Å². The van der Waals surface area contributed by atoms with Gasteiger partial charge in [0.15, 0.2) is 0 Å². The molecule has 0 spiro atoms. The van der Waals surface area contributed by atoms with E-state index in [0.29, 0.717) is 18.1 Å². The number of ether oxygens (including phenoxy) is 4. The summed E-state index contributed by atoms with van der Waals surface area (Å²) in [5, 5.41) is 10.3. The molecule has 1 N–H and O–H groups in total. The molecule has 2 unspecified atom stereocenters. The largest absolute Gasteiger partial charge is 0.507 e. The van der Waals surface area contributed by atoms with Crippen LogP contribution in [-0.2, 0) is 0 Å². The lowest BCUT2D eigenvalue weighted by atomic mass is 9.89. The van der Waals surface area contributed by atoms with Gasteiger partial charge in [0.2, 0.25) is 0 Å². The summed E-state index contributed by atoms with van der Waals surface area (Å²) in [6.07, 6.45) is -0.164. The molecule has 2 aliphatic heterocycles. The van der Waals surface area contributed by atoms with Crippen LogP contribution in [0.25, 0.3) is 0 Å². The number of phenols is 1. The Bertz CT molecular complexity index is 740. The SMILES string of the molecule is COc1ccc2c(c1)OCC1c3c(O)cc(OC)cc3OC21. The van der Waals surface area contributed by atoms with E-state index in [9.17, 15) is 5.11 Å². The summed E-state index contributed by atoms with van der Waals surface area (Å²) >= 11 is 0. The smallest absolute Gasteiger partial charge is 0.138 e. The molecule has 2 atom stereocenters. The van der Waals surface area contributed by atoms with Crippen LogP contribution in [0.5, 0.6) is 28.7 Å². The fourth-order valence-electron chi connectivity index (χ4n) is 3.18. The predicted octanol–water partition coefficient (Wildman–Crippen LogP) is 3.02. The third-order valence-corrected chi connectivity index (χ3v) is 4.27. The van der Waals surface area contributed by atoms with Crippen molar-refractivity contribution >= 4 is 0 Å². The highest BCUT2D eigenvalue weighted by Gasteiger charge is 2.42. The van der Waals surface area contributed by atoms with E-state index in [4.69, 9.17) is 18.9 Å². The van der Waals surface area contributed by atoms with Crippen molar-refractivity contribution in [3.05, 3.63) is 41.5 Å². The van der Waals surface area contributed by atoms with Crippen LogP contribution in [0.4, 0.5) is 0 Å². The summed E-state index contributed by atoms with van der Waals surface area (Å²) in [5.41, 5.74) is 1.75. The lowest BCUT2D eigenvalue weighted by Gasteiger charge is -2.28. The number of fused-ring (bicyclic) bond motifs is 5. The minimum absolute atomic E-state index is 0.0261. The van der Waals surface area contributed by atoms with Crippen LogP contribution in [-0.4, -0.2) is 25.9 Å². The first-order chi connectivity index (χ1) is 10.7. The minimum atomic E-state index is -0.164. The molecule has 2 aromatic carbocycles. The van der Waals surface area contributed by atoms with Gasteiger partial charge in [-0.1, -0.05) is 0 Å². The molecular formula is C17H16O5. The van der Waals surface area contributed by atoms with Crippen molar-refractivity contribution in [1.29, 1.82) is 0 Å². The van der Waals surface area contributed by atoms with E-state index in [2.05, 4.69) is 0 Å². The van der Waals surface area contributed by atoms with Crippen LogP contribution >= 0.6 is 0 Å². The second-order valence-electron chi connectivity index (χ2n) is 5.42. The van der Waals surface area contributed by atoms with Crippen molar-refractivity contribution in [2.24, 2.45) is 0 Å². The van der Waals surface area contributed by atoms with Gasteiger partial charge in [-0.2, -0.15) is 0 Å². The molecule has 0 aliphatic carbocycles. The molecule has 0 amide bonds. The fraction of sp³-hybridized carbons (Fsp3) is 0.294. The highest BCUT2D eigenvalue weighted by atomic mass is 16.5. The molecule has 4 rings (SSSR count). The first-order valence-corrected chi connectivity index (χ1v) is 7.09. The summed E-state index contributed by atoms with van der Waals surface area (Å²) in [6, 6.07) is 9.10. The van der Waals surface area contributed by atoms with Gasteiger partial charge in [-0.3, -0.25) is 0 Å². The number of hydrogen-bond donors (Lipinski definition) is 1. The lowest BCUT2D eigenvalue weighted by Crippen LogP contribution is -2.23. The molecule has 2 heterocycles. The van der Waals surface area contributed by atoms with E-state index < -0.39 is 0 Å². The maximum atomic E-state index is 10.3. The first-order valence-electron chi connectivity index (χ1n) is 7.09. The minimum Gasteiger partial charge on any atom is -0.507 e. The highest BCUT2D eigenvalue weighted by molar-refractivity contribution is 5.57. The maximum Gasteiger partial charge on any atom is 0.138 e. The van der Waals surface area contributed by atoms with Gasteiger partial charge in [-0.15, -0.1) is 0 Å². The quantitative estimate of drug-likeness (QED) is 0.924. The Kier molecular flexibility index (Phi) is 2.82. The number of methoxy groups -OCH3 is 2. The molecular weight excluding hydrogens is 284 g/mol. The average molecular weight is 300 g/mol. The Labute approximate surface area is 128 Å². The Morgan fingerprint density at radius 3 is 2.59 bits per heavy atom. The monoisotopic (exact) mass is 300 g/mol. The predicted molar refractivity (Wildman–Crippen MR) is 79.3 cm³/mol. The molecule has 2 aromatic rings. The Hall–Kier alpha value is -2.56. The first kappa shape index (κ1) is 13.1. The molecule has 0 radical (unpaired) electrons. The van der Waals surface area contributed by atoms with Crippen molar-refractivity contribution in [3.63, 3.8) is 0 Å². The summed E-state index contributed by atoms with van der Waals surface area (Å²) in [6.45, 7) is 0.456. The van der Waals surface area contributed by atoms with Crippen molar-refractivity contribution in [2.75, 3.05) is 20.8 Å². The number of phenolic OH excluding ortho intramolecular Hbond substituents is 1. The van der Waals surface area contributed by atoms with Gasteiger partial charge in [0.05, 0.1) is 26.7 Å². The molecule has 0 aromatic heterocycles. The fourth-order valence-corrected chi connectivity index (χ4v) is 3.18. The van der Waals surface area contributed by atoms with Crippen LogP contribution in [0.1, 0.15) is 23.1 Å². The third kappa shape index (κ3) is 1.78. The molecule has 0 fully saturated rings. The second-order valence-corrected chi connectivity index (χ2v) is 5.42. The van der Waals surface area contributed by atoms with Crippen molar-refractivity contribution < 1.29 is 24.1 Å². The van der Waals surface area contributed by atoms with Crippen LogP contribution in [0, 0.1) is 0 Å². The Balaban J connectivity index is 1.78. The zero-order chi connectivity index (χ0) is 15.3. The zero-order valence-corrected chi connectivity index (χ0v) is 12.3. The molecule has 114 valence electrons. The third-order valence-electron chi connectivity index (χ3n) is 4.27. The van der Waals surface area contributed by atoms with Gasteiger partial charge in [0.1, 0.15) is 34.9 Å². The molecule has 5 nitrogen and oxygen atoms in total. The normalized spacial score (nSPS) is 21.0. The van der Waals surface area contributed by atoms with Crippen LogP contribution in [0.2, 0.25) is 0 Å². The van der Waals surface area contributed by atoms with Gasteiger partial charge >= 0.3 is 0 Å². The Morgan fingerprint density at radius 2 is 1.82 bits per heavy atom. The molecule has 0 saturated carbocycles. The molecule has 5 heteroatoms. The number of aromatic hydroxyl groups is 1. The van der Waals surface area contributed by atoms with E-state index in [0.717, 1.165) is 22.6 Å². The molecule has 2 aliphatic rings. The van der Waals surface area contributed by atoms with Gasteiger partial charge in [0, 0.05) is 29.3 Å². The molecule has 0 saturated heterocycles. The van der Waals surface area contributed by atoms with Crippen molar-refractivity contribution in [2.45, 2.75) is 12.0 Å². The number of hydrogen-bond acceptors (Lipinski definition) is 5. The van der Waals surface area contributed by atoms with Gasteiger partial charge in [-0.05, 0) is 12.1 Å². The van der Waals surface area contributed by atoms with Crippen molar-refractivity contribution in [1.82, 2.24) is 0 Å². The van der Waals surface area contributed by atoms with E-state index >= 15 is 0 Å². The van der Waals surface area contributed by atoms with E-state index in [1.165, 1.54) is 0 Å². The van der Waals surface area contributed by atoms with Gasteiger partial charge < -0.3 is 24.1 Å². The summed E-state index contributed by atoms with van der Waals surface area (Å²) in [7, 11) is 3.19. The number of rotatable bonds is 2. The Morgan fingerprint density at radius 1 is 1.05 bits per heavy atom. The maximum absolute atomic E-state index is 10.3. The van der Waals surface area contributed by atoms with E-state index in [1.54, 1.807) is 26.4 Å². The summed E-state index contributed by atoms with van der Waals surface area (Å²) < 4.78 is 22.3. The lowest BCUT2D eigenvalue weighted by molar-refractivity contribution is 0.138. The topological polar surface area (TPSA) is 57.2 Å².